The van der Waals surface area contributed by atoms with Crippen LogP contribution in [0.2, 0.25) is 0 Å². The van der Waals surface area contributed by atoms with Gasteiger partial charge in [0.15, 0.2) is 23.1 Å². The molecule has 0 fully saturated rings. The Hall–Kier alpha value is -4.32. The van der Waals surface area contributed by atoms with E-state index in [1.807, 2.05) is 72.8 Å². The van der Waals surface area contributed by atoms with E-state index in [-0.39, 0.29) is 28.3 Å². The van der Waals surface area contributed by atoms with Crippen LogP contribution in [-0.2, 0) is 22.8 Å². The molecule has 0 radical (unpaired) electrons. The average molecular weight is 592 g/mol. The van der Waals surface area contributed by atoms with E-state index < -0.39 is 0 Å². The number of Topliss-reactive ketones (excluding diaryl/α,β-unsaturated/α-hetero) is 2. The molecule has 0 unspecified atom stereocenters. The standard InChI is InChI=1S/C38H41NO5/c1-37(2)18-28-35(30(40)20-37)34(36-29(39-28)19-38(3,4)21-31(36)41)26-12-14-27(15-13-26)43-23-25-11-16-32(33(17-25)42-5)44-22-24-9-7-6-8-10-24/h6-17,34,39H,18-23H2,1-5H3. The minimum Gasteiger partial charge on any atom is -0.493 e. The molecule has 0 saturated heterocycles. The summed E-state index contributed by atoms with van der Waals surface area (Å²) in [5.41, 5.74) is 6.21. The van der Waals surface area contributed by atoms with Crippen molar-refractivity contribution in [2.45, 2.75) is 72.5 Å². The second-order valence-corrected chi connectivity index (χ2v) is 13.8. The zero-order valence-electron chi connectivity index (χ0n) is 26.3. The minimum absolute atomic E-state index is 0.119. The van der Waals surface area contributed by atoms with Crippen molar-refractivity contribution >= 4 is 11.6 Å². The topological polar surface area (TPSA) is 73.9 Å². The number of allylic oxidation sites excluding steroid dienone is 4. The van der Waals surface area contributed by atoms with Gasteiger partial charge in [0, 0.05) is 41.3 Å². The number of ether oxygens (including phenoxy) is 3. The molecule has 6 nitrogen and oxygen atoms in total. The summed E-state index contributed by atoms with van der Waals surface area (Å²) in [5, 5.41) is 3.58. The number of methoxy groups -OCH3 is 1. The van der Waals surface area contributed by atoms with Gasteiger partial charge in [-0.1, -0.05) is 76.2 Å². The maximum atomic E-state index is 13.6. The number of benzene rings is 3. The Morgan fingerprint density at radius 3 is 1.86 bits per heavy atom. The number of nitrogens with one attached hydrogen (secondary N) is 1. The number of rotatable bonds is 8. The monoisotopic (exact) mass is 591 g/mol. The second kappa shape index (κ2) is 11.6. The molecule has 3 aromatic carbocycles. The largest absolute Gasteiger partial charge is 0.493 e. The number of carbonyl (C=O) groups excluding carboxylic acids is 2. The number of hydrogen-bond donors (Lipinski definition) is 1. The quantitative estimate of drug-likeness (QED) is 0.288. The van der Waals surface area contributed by atoms with E-state index >= 15 is 0 Å². The molecular weight excluding hydrogens is 550 g/mol. The van der Waals surface area contributed by atoms with E-state index in [0.29, 0.717) is 43.3 Å². The summed E-state index contributed by atoms with van der Waals surface area (Å²) >= 11 is 0. The maximum absolute atomic E-state index is 13.6. The third-order valence-electron chi connectivity index (χ3n) is 8.80. The molecule has 1 aliphatic heterocycles. The number of hydrogen-bond acceptors (Lipinski definition) is 6. The lowest BCUT2D eigenvalue weighted by atomic mass is 9.64. The predicted octanol–water partition coefficient (Wildman–Crippen LogP) is 7.83. The molecule has 3 aliphatic rings. The summed E-state index contributed by atoms with van der Waals surface area (Å²) in [4.78, 5) is 27.2. The lowest BCUT2D eigenvalue weighted by Crippen LogP contribution is -2.42. The predicted molar refractivity (Wildman–Crippen MR) is 171 cm³/mol. The Morgan fingerprint density at radius 2 is 1.27 bits per heavy atom. The molecule has 44 heavy (non-hydrogen) atoms. The fourth-order valence-electron chi connectivity index (χ4n) is 6.80. The summed E-state index contributed by atoms with van der Waals surface area (Å²) in [6.07, 6.45) is 2.54. The molecule has 0 atom stereocenters. The molecule has 6 heteroatoms. The van der Waals surface area contributed by atoms with Gasteiger partial charge in [0.1, 0.15) is 19.0 Å². The fourth-order valence-corrected chi connectivity index (χ4v) is 6.80. The van der Waals surface area contributed by atoms with Gasteiger partial charge in [0.2, 0.25) is 0 Å². The van der Waals surface area contributed by atoms with Gasteiger partial charge in [-0.05, 0) is 64.6 Å². The van der Waals surface area contributed by atoms with Crippen LogP contribution in [0.4, 0.5) is 0 Å². The minimum atomic E-state index is -0.352. The lowest BCUT2D eigenvalue weighted by molar-refractivity contribution is -0.119. The fraction of sp³-hybridized carbons (Fsp3) is 0.368. The number of dihydropyridines is 1. The molecule has 0 bridgehead atoms. The molecule has 6 rings (SSSR count). The van der Waals surface area contributed by atoms with Crippen LogP contribution in [0.3, 0.4) is 0 Å². The molecule has 0 saturated carbocycles. The second-order valence-electron chi connectivity index (χ2n) is 13.8. The first kappa shape index (κ1) is 29.7. The highest BCUT2D eigenvalue weighted by Gasteiger charge is 2.46. The van der Waals surface area contributed by atoms with Crippen molar-refractivity contribution in [2.24, 2.45) is 10.8 Å². The summed E-state index contributed by atoms with van der Waals surface area (Å²) < 4.78 is 17.7. The van der Waals surface area contributed by atoms with Crippen molar-refractivity contribution in [3.05, 3.63) is 112 Å². The summed E-state index contributed by atoms with van der Waals surface area (Å²) in [7, 11) is 1.63. The van der Waals surface area contributed by atoms with Gasteiger partial charge in [0.05, 0.1) is 7.11 Å². The van der Waals surface area contributed by atoms with Crippen molar-refractivity contribution in [2.75, 3.05) is 7.11 Å². The number of carbonyl (C=O) groups is 2. The molecule has 3 aromatic rings. The molecule has 0 aromatic heterocycles. The van der Waals surface area contributed by atoms with Gasteiger partial charge in [-0.3, -0.25) is 9.59 Å². The highest BCUT2D eigenvalue weighted by atomic mass is 16.5. The van der Waals surface area contributed by atoms with Crippen LogP contribution in [0, 0.1) is 10.8 Å². The number of ketones is 2. The van der Waals surface area contributed by atoms with Gasteiger partial charge in [-0.25, -0.2) is 0 Å². The molecule has 228 valence electrons. The van der Waals surface area contributed by atoms with E-state index in [1.54, 1.807) is 7.11 Å². The summed E-state index contributed by atoms with van der Waals surface area (Å²) in [6, 6.07) is 23.7. The lowest BCUT2D eigenvalue weighted by Gasteiger charge is -2.44. The third-order valence-corrected chi connectivity index (χ3v) is 8.80. The van der Waals surface area contributed by atoms with E-state index in [1.165, 1.54) is 0 Å². The van der Waals surface area contributed by atoms with Gasteiger partial charge in [-0.15, -0.1) is 0 Å². The van der Waals surface area contributed by atoms with E-state index in [4.69, 9.17) is 14.2 Å². The molecule has 1 N–H and O–H groups in total. The zero-order chi connectivity index (χ0) is 31.1. The highest BCUT2D eigenvalue weighted by Crippen LogP contribution is 2.51. The maximum Gasteiger partial charge on any atom is 0.162 e. The van der Waals surface area contributed by atoms with Crippen LogP contribution >= 0.6 is 0 Å². The zero-order valence-corrected chi connectivity index (χ0v) is 26.3. The summed E-state index contributed by atoms with van der Waals surface area (Å²) in [5.74, 6) is 1.94. The van der Waals surface area contributed by atoms with Gasteiger partial charge in [-0.2, -0.15) is 0 Å². The van der Waals surface area contributed by atoms with Crippen molar-refractivity contribution in [1.29, 1.82) is 0 Å². The third kappa shape index (κ3) is 6.17. The van der Waals surface area contributed by atoms with Crippen molar-refractivity contribution < 1.29 is 23.8 Å². The smallest absolute Gasteiger partial charge is 0.162 e. The van der Waals surface area contributed by atoms with Crippen LogP contribution < -0.4 is 19.5 Å². The molecule has 1 heterocycles. The first-order valence-electron chi connectivity index (χ1n) is 15.4. The molecule has 0 spiro atoms. The average Bonchev–Trinajstić information content (AvgIpc) is 2.97. The van der Waals surface area contributed by atoms with Crippen LogP contribution in [0.15, 0.2) is 95.3 Å². The SMILES string of the molecule is COc1cc(COc2ccc(C3C4=C(CC(C)(C)CC4=O)NC4=C3C(=O)CC(C)(C)C4)cc2)ccc1OCc1ccccc1. The van der Waals surface area contributed by atoms with Crippen molar-refractivity contribution in [3.8, 4) is 17.2 Å². The van der Waals surface area contributed by atoms with E-state index in [2.05, 4.69) is 33.0 Å². The Bertz CT molecular complexity index is 1590. The Labute approximate surface area is 260 Å². The molecule has 2 aliphatic carbocycles. The Balaban J connectivity index is 1.20. The van der Waals surface area contributed by atoms with Crippen molar-refractivity contribution in [1.82, 2.24) is 5.32 Å². The van der Waals surface area contributed by atoms with Crippen LogP contribution in [0.1, 0.15) is 76.0 Å². The first-order valence-corrected chi connectivity index (χ1v) is 15.4. The normalized spacial score (nSPS) is 19.2. The van der Waals surface area contributed by atoms with Gasteiger partial charge >= 0.3 is 0 Å². The van der Waals surface area contributed by atoms with E-state index in [9.17, 15) is 9.59 Å². The van der Waals surface area contributed by atoms with Gasteiger partial charge in [0.25, 0.3) is 0 Å². The van der Waals surface area contributed by atoms with Crippen LogP contribution in [0.5, 0.6) is 17.2 Å². The van der Waals surface area contributed by atoms with Crippen LogP contribution in [0.25, 0.3) is 0 Å². The molecule has 0 amide bonds. The summed E-state index contributed by atoms with van der Waals surface area (Å²) in [6.45, 7) is 9.36. The Morgan fingerprint density at radius 1 is 0.682 bits per heavy atom. The highest BCUT2D eigenvalue weighted by molar-refractivity contribution is 6.06. The van der Waals surface area contributed by atoms with E-state index in [0.717, 1.165) is 52.1 Å². The van der Waals surface area contributed by atoms with Crippen molar-refractivity contribution in [3.63, 3.8) is 0 Å². The Kier molecular flexibility index (Phi) is 7.87. The van der Waals surface area contributed by atoms with Gasteiger partial charge < -0.3 is 19.5 Å². The first-order chi connectivity index (χ1) is 21.0. The molecular formula is C38H41NO5. The van der Waals surface area contributed by atoms with Crippen LogP contribution in [-0.4, -0.2) is 18.7 Å².